The van der Waals surface area contributed by atoms with Crippen LogP contribution in [0.25, 0.3) is 0 Å². The molecule has 4 heteroatoms. The fourth-order valence-electron chi connectivity index (χ4n) is 2.69. The van der Waals surface area contributed by atoms with Crippen LogP contribution in [-0.2, 0) is 11.2 Å². The molecule has 0 spiro atoms. The van der Waals surface area contributed by atoms with Crippen molar-refractivity contribution in [1.29, 1.82) is 0 Å². The van der Waals surface area contributed by atoms with Gasteiger partial charge in [-0.3, -0.25) is 4.79 Å². The third kappa shape index (κ3) is 4.32. The zero-order valence-electron chi connectivity index (χ0n) is 10.9. The molecule has 1 fully saturated rings. The first-order chi connectivity index (χ1) is 9.13. The van der Waals surface area contributed by atoms with E-state index >= 15 is 0 Å². The third-order valence-corrected chi connectivity index (χ3v) is 5.29. The number of alkyl halides is 1. The summed E-state index contributed by atoms with van der Waals surface area (Å²) in [6.45, 7) is 0. The average molecular weight is 389 g/mol. The smallest absolute Gasteiger partial charge is 0.224 e. The summed E-state index contributed by atoms with van der Waals surface area (Å²) in [5.74, 6) is 0.124. The Hall–Kier alpha value is -0.350. The van der Waals surface area contributed by atoms with Crippen LogP contribution in [0.5, 0.6) is 0 Å². The number of hydrogen-bond acceptors (Lipinski definition) is 1. The summed E-state index contributed by atoms with van der Waals surface area (Å²) < 4.78 is 1.02. The Kier molecular flexibility index (Phi) is 5.46. The fraction of sp³-hybridized carbons (Fsp3) is 0.533. The fourth-order valence-corrected chi connectivity index (χ4v) is 3.84. The van der Waals surface area contributed by atoms with E-state index in [-0.39, 0.29) is 11.4 Å². The van der Waals surface area contributed by atoms with Gasteiger partial charge in [0.15, 0.2) is 0 Å². The topological polar surface area (TPSA) is 29.1 Å². The molecule has 2 rings (SSSR count). The van der Waals surface area contributed by atoms with Crippen LogP contribution in [0.3, 0.4) is 0 Å². The summed E-state index contributed by atoms with van der Waals surface area (Å²) in [5, 5.41) is 4.10. The maximum Gasteiger partial charge on any atom is 0.224 e. The van der Waals surface area contributed by atoms with Crippen LogP contribution in [0.4, 0.5) is 0 Å². The molecule has 19 heavy (non-hydrogen) atoms. The summed E-state index contributed by atoms with van der Waals surface area (Å²) in [4.78, 5) is 12.2. The normalized spacial score (nSPS) is 18.0. The van der Waals surface area contributed by atoms with Crippen molar-refractivity contribution in [2.45, 2.75) is 44.1 Å². The van der Waals surface area contributed by atoms with E-state index in [4.69, 9.17) is 0 Å². The van der Waals surface area contributed by atoms with Gasteiger partial charge in [0.2, 0.25) is 5.91 Å². The van der Waals surface area contributed by atoms with E-state index in [0.717, 1.165) is 28.2 Å². The Morgan fingerprint density at radius 1 is 1.26 bits per heavy atom. The van der Waals surface area contributed by atoms with Gasteiger partial charge in [-0.2, -0.15) is 0 Å². The Morgan fingerprint density at radius 2 is 2.00 bits per heavy atom. The highest BCUT2D eigenvalue weighted by molar-refractivity contribution is 9.10. The first-order valence-corrected chi connectivity index (χ1v) is 8.66. The molecule has 1 aliphatic carbocycles. The van der Waals surface area contributed by atoms with Crippen molar-refractivity contribution in [3.63, 3.8) is 0 Å². The first kappa shape index (κ1) is 15.0. The van der Waals surface area contributed by atoms with Crippen molar-refractivity contribution >= 4 is 37.8 Å². The van der Waals surface area contributed by atoms with Gasteiger partial charge in [0.25, 0.3) is 0 Å². The van der Waals surface area contributed by atoms with E-state index in [1.54, 1.807) is 0 Å². The maximum absolute atomic E-state index is 12.2. The Balaban J connectivity index is 1.96. The average Bonchev–Trinajstić information content (AvgIpc) is 2.39. The van der Waals surface area contributed by atoms with Gasteiger partial charge in [0.1, 0.15) is 0 Å². The van der Waals surface area contributed by atoms with Crippen molar-refractivity contribution in [1.82, 2.24) is 5.32 Å². The van der Waals surface area contributed by atoms with Crippen molar-refractivity contribution in [3.8, 4) is 0 Å². The predicted molar refractivity (Wildman–Crippen MR) is 85.6 cm³/mol. The lowest BCUT2D eigenvalue weighted by Gasteiger charge is -2.36. The van der Waals surface area contributed by atoms with E-state index in [2.05, 4.69) is 37.2 Å². The Labute approximate surface area is 131 Å². The molecule has 2 nitrogen and oxygen atoms in total. The van der Waals surface area contributed by atoms with Crippen molar-refractivity contribution in [2.24, 2.45) is 0 Å². The van der Waals surface area contributed by atoms with Gasteiger partial charge >= 0.3 is 0 Å². The van der Waals surface area contributed by atoms with Crippen LogP contribution in [0.1, 0.15) is 37.7 Å². The monoisotopic (exact) mass is 387 g/mol. The van der Waals surface area contributed by atoms with Crippen LogP contribution in [-0.4, -0.2) is 16.8 Å². The van der Waals surface area contributed by atoms with Gasteiger partial charge < -0.3 is 5.32 Å². The molecule has 0 radical (unpaired) electrons. The Bertz CT molecular complexity index is 442. The molecular weight excluding hydrogens is 370 g/mol. The van der Waals surface area contributed by atoms with E-state index in [1.165, 1.54) is 19.3 Å². The highest BCUT2D eigenvalue weighted by Crippen LogP contribution is 2.29. The molecule has 0 saturated heterocycles. The van der Waals surface area contributed by atoms with Crippen LogP contribution in [0.15, 0.2) is 28.7 Å². The lowest BCUT2D eigenvalue weighted by Crippen LogP contribution is -2.51. The SMILES string of the molecule is O=C(Cc1cccc(Br)c1)NC1(CBr)CCCCC1. The quantitative estimate of drug-likeness (QED) is 0.769. The van der Waals surface area contributed by atoms with E-state index in [1.807, 2.05) is 24.3 Å². The minimum absolute atomic E-state index is 0.0264. The zero-order valence-corrected chi connectivity index (χ0v) is 14.1. The maximum atomic E-state index is 12.2. The number of halogens is 2. The summed E-state index contributed by atoms with van der Waals surface area (Å²) in [6, 6.07) is 7.93. The standard InChI is InChI=1S/C15H19Br2NO/c16-11-15(7-2-1-3-8-15)18-14(19)10-12-5-4-6-13(17)9-12/h4-6,9H,1-3,7-8,10-11H2,(H,18,19). The van der Waals surface area contributed by atoms with Gasteiger partial charge in [-0.1, -0.05) is 63.3 Å². The molecule has 1 saturated carbocycles. The molecule has 0 bridgehead atoms. The van der Waals surface area contributed by atoms with Crippen LogP contribution in [0, 0.1) is 0 Å². The van der Waals surface area contributed by atoms with Gasteiger partial charge in [0, 0.05) is 15.3 Å². The molecule has 0 unspecified atom stereocenters. The molecule has 0 heterocycles. The molecule has 1 aromatic rings. The number of carbonyl (C=O) groups excluding carboxylic acids is 1. The van der Waals surface area contributed by atoms with Gasteiger partial charge in [-0.05, 0) is 30.5 Å². The van der Waals surface area contributed by atoms with E-state index in [9.17, 15) is 4.79 Å². The van der Waals surface area contributed by atoms with Crippen molar-refractivity contribution in [2.75, 3.05) is 5.33 Å². The summed E-state index contributed by atoms with van der Waals surface area (Å²) in [6.07, 6.45) is 6.33. The molecule has 0 aromatic heterocycles. The molecule has 1 amide bonds. The van der Waals surface area contributed by atoms with Crippen molar-refractivity contribution < 1.29 is 4.79 Å². The number of rotatable bonds is 4. The first-order valence-electron chi connectivity index (χ1n) is 6.75. The lowest BCUT2D eigenvalue weighted by molar-refractivity contribution is -0.122. The second-order valence-electron chi connectivity index (χ2n) is 5.33. The number of hydrogen-bond donors (Lipinski definition) is 1. The predicted octanol–water partition coefficient (Wildman–Crippen LogP) is 4.21. The number of benzene rings is 1. The van der Waals surface area contributed by atoms with Gasteiger partial charge in [-0.25, -0.2) is 0 Å². The molecule has 0 aliphatic heterocycles. The third-order valence-electron chi connectivity index (χ3n) is 3.72. The second-order valence-corrected chi connectivity index (χ2v) is 6.81. The largest absolute Gasteiger partial charge is 0.350 e. The molecular formula is C15H19Br2NO. The van der Waals surface area contributed by atoms with E-state index < -0.39 is 0 Å². The molecule has 0 atom stereocenters. The van der Waals surface area contributed by atoms with Crippen molar-refractivity contribution in [3.05, 3.63) is 34.3 Å². The summed E-state index contributed by atoms with van der Waals surface area (Å²) >= 11 is 7.01. The summed E-state index contributed by atoms with van der Waals surface area (Å²) in [7, 11) is 0. The second kappa shape index (κ2) is 6.89. The van der Waals surface area contributed by atoms with Gasteiger partial charge in [0.05, 0.1) is 6.42 Å². The number of carbonyl (C=O) groups is 1. The minimum atomic E-state index is -0.0264. The molecule has 104 valence electrons. The minimum Gasteiger partial charge on any atom is -0.350 e. The van der Waals surface area contributed by atoms with Crippen LogP contribution >= 0.6 is 31.9 Å². The highest BCUT2D eigenvalue weighted by atomic mass is 79.9. The molecule has 1 aromatic carbocycles. The zero-order chi connectivity index (χ0) is 13.7. The van der Waals surface area contributed by atoms with Crippen LogP contribution < -0.4 is 5.32 Å². The molecule has 1 aliphatic rings. The highest BCUT2D eigenvalue weighted by Gasteiger charge is 2.32. The number of nitrogens with one attached hydrogen (secondary N) is 1. The molecule has 1 N–H and O–H groups in total. The lowest BCUT2D eigenvalue weighted by atomic mass is 9.83. The summed E-state index contributed by atoms with van der Waals surface area (Å²) in [5.41, 5.74) is 1.02. The van der Waals surface area contributed by atoms with Gasteiger partial charge in [-0.15, -0.1) is 0 Å². The number of amides is 1. The Morgan fingerprint density at radius 3 is 2.63 bits per heavy atom. The van der Waals surface area contributed by atoms with Crippen LogP contribution in [0.2, 0.25) is 0 Å². The van der Waals surface area contributed by atoms with E-state index in [0.29, 0.717) is 6.42 Å².